The van der Waals surface area contributed by atoms with Crippen LogP contribution in [0.25, 0.3) is 0 Å². The Kier molecular flexibility index (Phi) is 2.62. The summed E-state index contributed by atoms with van der Waals surface area (Å²) in [6, 6.07) is 0.731. The van der Waals surface area contributed by atoms with Crippen LogP contribution in [0.2, 0.25) is 0 Å². The van der Waals surface area contributed by atoms with E-state index in [-0.39, 0.29) is 0 Å². The molecule has 0 aliphatic heterocycles. The molecule has 1 aliphatic rings. The van der Waals surface area contributed by atoms with Crippen LogP contribution in [-0.4, -0.2) is 25.0 Å². The van der Waals surface area contributed by atoms with Crippen molar-refractivity contribution in [2.75, 3.05) is 14.1 Å². The molecular weight excluding hydrogens is 146 g/mol. The van der Waals surface area contributed by atoms with Crippen LogP contribution in [0, 0.1) is 11.3 Å². The molecule has 1 heteroatoms. The van der Waals surface area contributed by atoms with Crippen molar-refractivity contribution in [3.63, 3.8) is 0 Å². The first-order valence-electron chi connectivity index (χ1n) is 4.87. The molecule has 0 saturated heterocycles. The summed E-state index contributed by atoms with van der Waals surface area (Å²) in [6.07, 6.45) is 4.73. The Labute approximate surface area is 76.5 Å². The molecule has 1 rings (SSSR count). The van der Waals surface area contributed by atoms with Gasteiger partial charge in [0.15, 0.2) is 0 Å². The van der Waals surface area contributed by atoms with Gasteiger partial charge in [0.1, 0.15) is 0 Å². The summed E-state index contributed by atoms with van der Waals surface area (Å²) in [5, 5.41) is 0. The van der Waals surface area contributed by atoms with Crippen LogP contribution in [0.1, 0.15) is 26.7 Å². The Bertz CT molecular complexity index is 174. The van der Waals surface area contributed by atoms with Crippen molar-refractivity contribution in [3.8, 4) is 0 Å². The molecule has 0 aromatic heterocycles. The number of hydrogen-bond acceptors (Lipinski definition) is 1. The molecule has 0 radical (unpaired) electrons. The summed E-state index contributed by atoms with van der Waals surface area (Å²) in [6.45, 7) is 8.55. The van der Waals surface area contributed by atoms with Gasteiger partial charge in [0.2, 0.25) is 0 Å². The minimum atomic E-state index is 0.514. The van der Waals surface area contributed by atoms with Crippen LogP contribution in [0.15, 0.2) is 12.7 Å². The van der Waals surface area contributed by atoms with E-state index in [1.54, 1.807) is 0 Å². The van der Waals surface area contributed by atoms with E-state index >= 15 is 0 Å². The molecule has 0 N–H and O–H groups in total. The first-order chi connectivity index (χ1) is 5.57. The lowest BCUT2D eigenvalue weighted by molar-refractivity contribution is 0.322. The molecule has 3 unspecified atom stereocenters. The van der Waals surface area contributed by atoms with Gasteiger partial charge < -0.3 is 4.90 Å². The van der Waals surface area contributed by atoms with E-state index in [4.69, 9.17) is 0 Å². The van der Waals surface area contributed by atoms with Crippen LogP contribution in [0.5, 0.6) is 0 Å². The molecule has 0 bridgehead atoms. The number of rotatable bonds is 4. The van der Waals surface area contributed by atoms with Gasteiger partial charge >= 0.3 is 0 Å². The lowest BCUT2D eigenvalue weighted by Gasteiger charge is -2.14. The smallest absolute Gasteiger partial charge is 0.0218 e. The van der Waals surface area contributed by atoms with Crippen molar-refractivity contribution in [2.24, 2.45) is 11.3 Å². The lowest BCUT2D eigenvalue weighted by atomic mass is 10.00. The van der Waals surface area contributed by atoms with E-state index in [2.05, 4.69) is 45.5 Å². The average Bonchev–Trinajstić information content (AvgIpc) is 2.56. The maximum atomic E-state index is 3.91. The van der Waals surface area contributed by atoms with Crippen molar-refractivity contribution in [1.29, 1.82) is 0 Å². The largest absolute Gasteiger partial charge is 0.305 e. The Morgan fingerprint density at radius 1 is 1.50 bits per heavy atom. The maximum absolute atomic E-state index is 3.91. The third kappa shape index (κ3) is 1.31. The summed E-state index contributed by atoms with van der Waals surface area (Å²) >= 11 is 0. The number of hydrogen-bond donors (Lipinski definition) is 0. The van der Waals surface area contributed by atoms with Crippen molar-refractivity contribution in [3.05, 3.63) is 12.7 Å². The summed E-state index contributed by atoms with van der Waals surface area (Å²) < 4.78 is 0. The van der Waals surface area contributed by atoms with Gasteiger partial charge in [-0.05, 0) is 31.8 Å². The Balaban J connectivity index is 2.62. The van der Waals surface area contributed by atoms with Gasteiger partial charge in [-0.15, -0.1) is 6.58 Å². The van der Waals surface area contributed by atoms with Gasteiger partial charge in [-0.3, -0.25) is 0 Å². The fraction of sp³-hybridized carbons (Fsp3) is 0.818. The molecule has 0 aromatic carbocycles. The lowest BCUT2D eigenvalue weighted by Crippen LogP contribution is -2.20. The fourth-order valence-corrected chi connectivity index (χ4v) is 2.74. The molecule has 0 spiro atoms. The highest BCUT2D eigenvalue weighted by atomic mass is 15.2. The van der Waals surface area contributed by atoms with Gasteiger partial charge in [0, 0.05) is 6.04 Å². The minimum absolute atomic E-state index is 0.514. The summed E-state index contributed by atoms with van der Waals surface area (Å²) in [5.74, 6) is 0.715. The van der Waals surface area contributed by atoms with E-state index in [0.717, 1.165) is 6.04 Å². The van der Waals surface area contributed by atoms with E-state index in [1.807, 2.05) is 0 Å². The molecule has 1 aliphatic carbocycles. The van der Waals surface area contributed by atoms with Gasteiger partial charge in [0.05, 0.1) is 0 Å². The highest BCUT2D eigenvalue weighted by Gasteiger charge is 2.59. The maximum Gasteiger partial charge on any atom is 0.0218 e. The quantitative estimate of drug-likeness (QED) is 0.582. The van der Waals surface area contributed by atoms with E-state index in [0.29, 0.717) is 11.3 Å². The molecule has 1 nitrogen and oxygen atoms in total. The Morgan fingerprint density at radius 3 is 2.33 bits per heavy atom. The topological polar surface area (TPSA) is 3.24 Å². The SMILES string of the molecule is C=CC1C(N(C)C)C1(C)CCC. The first kappa shape index (κ1) is 9.79. The van der Waals surface area contributed by atoms with E-state index in [1.165, 1.54) is 12.8 Å². The molecule has 0 aromatic rings. The highest BCUT2D eigenvalue weighted by Crippen LogP contribution is 2.58. The number of nitrogens with zero attached hydrogens (tertiary/aromatic N) is 1. The molecule has 1 saturated carbocycles. The predicted octanol–water partition coefficient (Wildman–Crippen LogP) is 2.54. The van der Waals surface area contributed by atoms with Gasteiger partial charge in [-0.25, -0.2) is 0 Å². The zero-order valence-corrected chi connectivity index (χ0v) is 8.80. The third-order valence-electron chi connectivity index (χ3n) is 3.27. The molecule has 0 amide bonds. The summed E-state index contributed by atoms with van der Waals surface area (Å²) in [7, 11) is 4.34. The predicted molar refractivity (Wildman–Crippen MR) is 54.2 cm³/mol. The van der Waals surface area contributed by atoms with Crippen molar-refractivity contribution < 1.29 is 0 Å². The van der Waals surface area contributed by atoms with Gasteiger partial charge in [0.25, 0.3) is 0 Å². The normalized spacial score (nSPS) is 40.1. The second-order valence-corrected chi connectivity index (χ2v) is 4.43. The Morgan fingerprint density at radius 2 is 2.08 bits per heavy atom. The standard InChI is InChI=1S/C11H21N/c1-6-8-11(3)9(7-2)10(11)12(4)5/h7,9-10H,2,6,8H2,1,3-5H3. The molecular formula is C11H21N. The van der Waals surface area contributed by atoms with Crippen molar-refractivity contribution in [1.82, 2.24) is 4.90 Å². The van der Waals surface area contributed by atoms with E-state index in [9.17, 15) is 0 Å². The molecule has 70 valence electrons. The first-order valence-corrected chi connectivity index (χ1v) is 4.87. The Hall–Kier alpha value is -0.300. The second-order valence-electron chi connectivity index (χ2n) is 4.43. The minimum Gasteiger partial charge on any atom is -0.305 e. The molecule has 1 fully saturated rings. The fourth-order valence-electron chi connectivity index (χ4n) is 2.74. The highest BCUT2D eigenvalue weighted by molar-refractivity contribution is 5.19. The molecule has 0 heterocycles. The zero-order chi connectivity index (χ0) is 9.35. The van der Waals surface area contributed by atoms with Crippen molar-refractivity contribution in [2.45, 2.75) is 32.7 Å². The van der Waals surface area contributed by atoms with Crippen LogP contribution >= 0.6 is 0 Å². The van der Waals surface area contributed by atoms with Gasteiger partial charge in [-0.2, -0.15) is 0 Å². The average molecular weight is 167 g/mol. The molecule has 12 heavy (non-hydrogen) atoms. The van der Waals surface area contributed by atoms with Crippen LogP contribution in [0.3, 0.4) is 0 Å². The monoisotopic (exact) mass is 167 g/mol. The van der Waals surface area contributed by atoms with Crippen LogP contribution in [-0.2, 0) is 0 Å². The molecule has 3 atom stereocenters. The summed E-state index contributed by atoms with van der Waals surface area (Å²) in [4.78, 5) is 2.34. The third-order valence-corrected chi connectivity index (χ3v) is 3.27. The second kappa shape index (κ2) is 3.21. The van der Waals surface area contributed by atoms with Crippen LogP contribution in [0.4, 0.5) is 0 Å². The zero-order valence-electron chi connectivity index (χ0n) is 8.80. The summed E-state index contributed by atoms with van der Waals surface area (Å²) in [5.41, 5.74) is 0.514. The van der Waals surface area contributed by atoms with Gasteiger partial charge in [-0.1, -0.05) is 26.3 Å². The van der Waals surface area contributed by atoms with Crippen molar-refractivity contribution >= 4 is 0 Å². The van der Waals surface area contributed by atoms with Crippen LogP contribution < -0.4 is 0 Å². The van der Waals surface area contributed by atoms with E-state index < -0.39 is 0 Å².